The number of non-ortho nitro benzene ring substituents is 1. The molecule has 0 aromatic heterocycles. The molecule has 0 aliphatic carbocycles. The van der Waals surface area contributed by atoms with Gasteiger partial charge in [-0.3, -0.25) is 14.9 Å². The first-order valence-electron chi connectivity index (χ1n) is 9.98. The van der Waals surface area contributed by atoms with Crippen LogP contribution >= 0.6 is 47.8 Å². The normalized spacial score (nSPS) is 14.3. The summed E-state index contributed by atoms with van der Waals surface area (Å²) in [5.41, 5.74) is 3.85. The second-order valence-corrected chi connectivity index (χ2v) is 9.81. The minimum Gasteiger partial charge on any atom is -0.481 e. The zero-order valence-electron chi connectivity index (χ0n) is 17.0. The van der Waals surface area contributed by atoms with E-state index in [1.165, 1.54) is 31.2 Å². The third-order valence-corrected chi connectivity index (χ3v) is 6.51. The highest BCUT2D eigenvalue weighted by molar-refractivity contribution is 9.11. The van der Waals surface area contributed by atoms with Crippen LogP contribution in [0.4, 0.5) is 11.4 Å². The van der Waals surface area contributed by atoms with Gasteiger partial charge in [0.1, 0.15) is 5.75 Å². The number of hydrazone groups is 1. The Balaban J connectivity index is 1.68. The number of anilines is 1. The summed E-state index contributed by atoms with van der Waals surface area (Å²) in [5, 5.41) is 15.2. The van der Waals surface area contributed by atoms with Gasteiger partial charge in [-0.15, -0.1) is 0 Å². The summed E-state index contributed by atoms with van der Waals surface area (Å²) in [6.45, 7) is 1.52. The van der Waals surface area contributed by atoms with E-state index in [2.05, 4.69) is 63.2 Å². The fourth-order valence-electron chi connectivity index (χ4n) is 3.37. The molecule has 2 aromatic rings. The Kier molecular flexibility index (Phi) is 9.06. The second-order valence-electron chi connectivity index (χ2n) is 7.18. The molecule has 170 valence electrons. The predicted octanol–water partition coefficient (Wildman–Crippen LogP) is 5.79. The number of nitrogens with one attached hydrogen (secondary N) is 1. The Morgan fingerprint density at radius 1 is 1.12 bits per heavy atom. The fourth-order valence-corrected chi connectivity index (χ4v) is 5.86. The van der Waals surface area contributed by atoms with Crippen LogP contribution in [0.5, 0.6) is 5.75 Å². The SMILES string of the molecule is O=C(COc1c(Br)cc(Br)cc1Br)NN=Cc1cc([N+](=O)[O-])ccc1N1CCCCCC1. The summed E-state index contributed by atoms with van der Waals surface area (Å²) in [7, 11) is 0. The van der Waals surface area contributed by atoms with E-state index in [1.54, 1.807) is 6.07 Å². The van der Waals surface area contributed by atoms with E-state index < -0.39 is 10.8 Å². The molecule has 11 heteroatoms. The molecule has 0 atom stereocenters. The van der Waals surface area contributed by atoms with Gasteiger partial charge < -0.3 is 9.64 Å². The maximum atomic E-state index is 12.2. The molecule has 0 radical (unpaired) electrons. The van der Waals surface area contributed by atoms with Crippen LogP contribution in [-0.4, -0.2) is 36.7 Å². The number of hydrogen-bond acceptors (Lipinski definition) is 6. The van der Waals surface area contributed by atoms with Gasteiger partial charge in [0.2, 0.25) is 0 Å². The van der Waals surface area contributed by atoms with Crippen molar-refractivity contribution in [2.24, 2.45) is 5.10 Å². The van der Waals surface area contributed by atoms with Gasteiger partial charge in [0, 0.05) is 40.9 Å². The Morgan fingerprint density at radius 2 is 1.78 bits per heavy atom. The molecule has 8 nitrogen and oxygen atoms in total. The lowest BCUT2D eigenvalue weighted by atomic mass is 10.1. The molecule has 1 fully saturated rings. The van der Waals surface area contributed by atoms with E-state index in [9.17, 15) is 14.9 Å². The highest BCUT2D eigenvalue weighted by Crippen LogP contribution is 2.36. The van der Waals surface area contributed by atoms with Gasteiger partial charge in [-0.1, -0.05) is 28.8 Å². The quantitative estimate of drug-likeness (QED) is 0.237. The van der Waals surface area contributed by atoms with Gasteiger partial charge in [-0.2, -0.15) is 5.10 Å². The standard InChI is InChI=1S/C21H21Br3N4O4/c22-15-10-17(23)21(18(24)11-15)32-13-20(29)26-25-12-14-9-16(28(30)31)5-6-19(14)27-7-3-1-2-4-8-27/h5-6,9-12H,1-4,7-8,13H2,(H,26,29). The van der Waals surface area contributed by atoms with E-state index in [-0.39, 0.29) is 12.3 Å². The molecule has 1 heterocycles. The van der Waals surface area contributed by atoms with Crippen molar-refractivity contribution in [2.45, 2.75) is 25.7 Å². The van der Waals surface area contributed by atoms with Crippen LogP contribution < -0.4 is 15.1 Å². The summed E-state index contributed by atoms with van der Waals surface area (Å²) in [6, 6.07) is 8.34. The van der Waals surface area contributed by atoms with Crippen molar-refractivity contribution >= 4 is 71.3 Å². The minimum absolute atomic E-state index is 0.0235. The maximum absolute atomic E-state index is 12.2. The fraction of sp³-hybridized carbons (Fsp3) is 0.333. The third kappa shape index (κ3) is 6.76. The van der Waals surface area contributed by atoms with Crippen molar-refractivity contribution in [1.82, 2.24) is 5.43 Å². The van der Waals surface area contributed by atoms with E-state index in [0.29, 0.717) is 20.3 Å². The van der Waals surface area contributed by atoms with Crippen LogP contribution in [0.2, 0.25) is 0 Å². The molecule has 0 unspecified atom stereocenters. The van der Waals surface area contributed by atoms with E-state index in [4.69, 9.17) is 4.74 Å². The Hall–Kier alpha value is -1.98. The monoisotopic (exact) mass is 630 g/mol. The number of nitrogens with zero attached hydrogens (tertiary/aromatic N) is 3. The van der Waals surface area contributed by atoms with Crippen molar-refractivity contribution in [2.75, 3.05) is 24.6 Å². The van der Waals surface area contributed by atoms with Gasteiger partial charge in [-0.25, -0.2) is 5.43 Å². The average molecular weight is 633 g/mol. The Bertz CT molecular complexity index is 1000. The van der Waals surface area contributed by atoms with Crippen LogP contribution in [0, 0.1) is 10.1 Å². The molecular weight excluding hydrogens is 612 g/mol. The van der Waals surface area contributed by atoms with Crippen molar-refractivity contribution in [3.8, 4) is 5.75 Å². The number of nitro benzene ring substituents is 1. The number of carbonyl (C=O) groups is 1. The average Bonchev–Trinajstić information content (AvgIpc) is 3.02. The molecular formula is C21H21Br3N4O4. The molecule has 1 N–H and O–H groups in total. The number of benzene rings is 2. The van der Waals surface area contributed by atoms with Gasteiger partial charge in [0.05, 0.1) is 20.1 Å². The zero-order chi connectivity index (χ0) is 23.1. The number of amides is 1. The van der Waals surface area contributed by atoms with Crippen molar-refractivity contribution in [3.63, 3.8) is 0 Å². The van der Waals surface area contributed by atoms with Crippen LogP contribution in [0.25, 0.3) is 0 Å². The summed E-state index contributed by atoms with van der Waals surface area (Å²) >= 11 is 10.2. The lowest BCUT2D eigenvalue weighted by Gasteiger charge is -2.24. The first-order valence-corrected chi connectivity index (χ1v) is 12.4. The van der Waals surface area contributed by atoms with E-state index in [1.807, 2.05) is 12.1 Å². The summed E-state index contributed by atoms with van der Waals surface area (Å²) in [5.74, 6) is 0.0409. The summed E-state index contributed by atoms with van der Waals surface area (Å²) in [6.07, 6.45) is 5.93. The van der Waals surface area contributed by atoms with Gasteiger partial charge in [-0.05, 0) is 62.9 Å². The highest BCUT2D eigenvalue weighted by atomic mass is 79.9. The molecule has 1 aliphatic rings. The van der Waals surface area contributed by atoms with Crippen LogP contribution in [0.3, 0.4) is 0 Å². The lowest BCUT2D eigenvalue weighted by Crippen LogP contribution is -2.26. The van der Waals surface area contributed by atoms with Crippen LogP contribution in [0.1, 0.15) is 31.2 Å². The smallest absolute Gasteiger partial charge is 0.277 e. The molecule has 0 bridgehead atoms. The largest absolute Gasteiger partial charge is 0.481 e. The topological polar surface area (TPSA) is 97.1 Å². The first kappa shape index (κ1) is 24.7. The minimum atomic E-state index is -0.454. The van der Waals surface area contributed by atoms with Gasteiger partial charge >= 0.3 is 0 Å². The molecule has 0 spiro atoms. The number of rotatable bonds is 7. The van der Waals surface area contributed by atoms with Crippen LogP contribution in [-0.2, 0) is 4.79 Å². The molecule has 0 saturated carbocycles. The Labute approximate surface area is 210 Å². The predicted molar refractivity (Wildman–Crippen MR) is 135 cm³/mol. The summed E-state index contributed by atoms with van der Waals surface area (Å²) in [4.78, 5) is 25.2. The molecule has 1 amide bonds. The third-order valence-electron chi connectivity index (χ3n) is 4.87. The van der Waals surface area contributed by atoms with Crippen molar-refractivity contribution in [1.29, 1.82) is 0 Å². The van der Waals surface area contributed by atoms with Crippen molar-refractivity contribution < 1.29 is 14.5 Å². The number of nitro groups is 1. The van der Waals surface area contributed by atoms with Crippen LogP contribution in [0.15, 0.2) is 48.9 Å². The van der Waals surface area contributed by atoms with Crippen molar-refractivity contribution in [3.05, 3.63) is 59.4 Å². The molecule has 1 saturated heterocycles. The Morgan fingerprint density at radius 3 is 2.41 bits per heavy atom. The molecule has 1 aliphatic heterocycles. The number of halogens is 3. The molecule has 32 heavy (non-hydrogen) atoms. The lowest BCUT2D eigenvalue weighted by molar-refractivity contribution is -0.384. The number of carbonyl (C=O) groups excluding carboxylic acids is 1. The van der Waals surface area contributed by atoms with E-state index >= 15 is 0 Å². The summed E-state index contributed by atoms with van der Waals surface area (Å²) < 4.78 is 7.81. The van der Waals surface area contributed by atoms with Gasteiger partial charge in [0.15, 0.2) is 6.61 Å². The number of ether oxygens (including phenoxy) is 1. The molecule has 2 aromatic carbocycles. The molecule has 3 rings (SSSR count). The highest BCUT2D eigenvalue weighted by Gasteiger charge is 2.16. The second kappa shape index (κ2) is 11.8. The first-order chi connectivity index (χ1) is 15.3. The van der Waals surface area contributed by atoms with Gasteiger partial charge in [0.25, 0.3) is 11.6 Å². The number of hydrogen-bond donors (Lipinski definition) is 1. The van der Waals surface area contributed by atoms with E-state index in [0.717, 1.165) is 36.1 Å². The zero-order valence-corrected chi connectivity index (χ0v) is 21.8. The maximum Gasteiger partial charge on any atom is 0.277 e.